The first-order valence-corrected chi connectivity index (χ1v) is 7.80. The number of carbonyl (C=O) groups excluding carboxylic acids is 1. The first-order valence-electron chi connectivity index (χ1n) is 7.42. The van der Waals surface area contributed by atoms with Crippen molar-refractivity contribution in [3.8, 4) is 5.75 Å². The molecule has 0 bridgehead atoms. The van der Waals surface area contributed by atoms with Crippen molar-refractivity contribution >= 4 is 23.4 Å². The quantitative estimate of drug-likeness (QED) is 0.310. The second kappa shape index (κ2) is 8.34. The molecule has 0 saturated carbocycles. The normalized spacial score (nSPS) is 12.7. The van der Waals surface area contributed by atoms with Gasteiger partial charge in [0.2, 0.25) is 0 Å². The van der Waals surface area contributed by atoms with Gasteiger partial charge in [0.1, 0.15) is 16.8 Å². The molecule has 2 rings (SSSR count). The molecule has 5 nitrogen and oxygen atoms in total. The number of Topliss-reactive ketones (excluding diaryl/α,β-unsaturated/α-hetero) is 1. The van der Waals surface area contributed by atoms with E-state index < -0.39 is 36.0 Å². The average Bonchev–Trinajstić information content (AvgIpc) is 2.59. The fraction of sp³-hybridized carbons (Fsp3) is 0.235. The Morgan fingerprint density at radius 2 is 1.93 bits per heavy atom. The summed E-state index contributed by atoms with van der Waals surface area (Å²) in [6, 6.07) is 7.18. The van der Waals surface area contributed by atoms with Crippen LogP contribution in [0.4, 0.5) is 17.6 Å². The Balaban J connectivity index is 2.21. The molecule has 0 fully saturated rings. The van der Waals surface area contributed by atoms with Gasteiger partial charge in [-0.15, -0.1) is 0 Å². The van der Waals surface area contributed by atoms with Gasteiger partial charge in [-0.1, -0.05) is 23.7 Å². The molecule has 1 N–H and O–H groups in total. The number of halogens is 5. The minimum Gasteiger partial charge on any atom is -0.481 e. The summed E-state index contributed by atoms with van der Waals surface area (Å²) < 4.78 is 54.4. The van der Waals surface area contributed by atoms with E-state index in [0.717, 1.165) is 18.3 Å². The van der Waals surface area contributed by atoms with E-state index in [9.17, 15) is 32.3 Å². The van der Waals surface area contributed by atoms with E-state index in [0.29, 0.717) is 0 Å². The Bertz CT molecular complexity index is 830. The van der Waals surface area contributed by atoms with Crippen molar-refractivity contribution in [2.45, 2.75) is 19.0 Å². The summed E-state index contributed by atoms with van der Waals surface area (Å²) in [4.78, 5) is 27.6. The lowest BCUT2D eigenvalue weighted by atomic mass is 9.92. The summed E-state index contributed by atoms with van der Waals surface area (Å²) in [5.41, 5.74) is 0.142. The zero-order valence-electron chi connectivity index (χ0n) is 13.4. The summed E-state index contributed by atoms with van der Waals surface area (Å²) in [6.07, 6.45) is -7.99. The summed E-state index contributed by atoms with van der Waals surface area (Å²) in [7, 11) is 0. The molecule has 1 heterocycles. The number of pyridine rings is 1. The van der Waals surface area contributed by atoms with Gasteiger partial charge >= 0.3 is 18.5 Å². The lowest BCUT2D eigenvalue weighted by molar-refractivity contribution is -0.253. The second-order valence-corrected chi connectivity index (χ2v) is 5.83. The van der Waals surface area contributed by atoms with Crippen molar-refractivity contribution in [2.75, 3.05) is 0 Å². The van der Waals surface area contributed by atoms with Gasteiger partial charge in [0, 0.05) is 11.8 Å². The third-order valence-electron chi connectivity index (χ3n) is 3.47. The van der Waals surface area contributed by atoms with Gasteiger partial charge in [0.25, 0.3) is 0 Å². The summed E-state index contributed by atoms with van der Waals surface area (Å²) in [6.45, 7) is 0. The summed E-state index contributed by atoms with van der Waals surface area (Å²) in [5, 5.41) is 9.45. The molecule has 1 aromatic heterocycles. The maximum atomic E-state index is 13.0. The Morgan fingerprint density at radius 3 is 2.48 bits per heavy atom. The van der Waals surface area contributed by atoms with E-state index in [2.05, 4.69) is 9.72 Å². The Kier molecular flexibility index (Phi) is 6.37. The number of ketones is 1. The third kappa shape index (κ3) is 5.40. The number of aromatic nitrogens is 1. The van der Waals surface area contributed by atoms with Gasteiger partial charge in [-0.3, -0.25) is 9.59 Å². The number of hydrogen-bond acceptors (Lipinski definition) is 4. The number of rotatable bonds is 8. The monoisotopic (exact) mass is 405 g/mol. The molecule has 2 aromatic rings. The zero-order chi connectivity index (χ0) is 20.2. The van der Waals surface area contributed by atoms with Gasteiger partial charge in [0.05, 0.1) is 0 Å². The SMILES string of the molecule is O=C(O)C(Cc1cccc(OC(F)(F)C(F)F)c1)C(=O)c1ccc(Cl)nc1. The van der Waals surface area contributed by atoms with E-state index in [1.807, 2.05) is 0 Å². The van der Waals surface area contributed by atoms with Gasteiger partial charge in [-0.05, 0) is 36.2 Å². The number of ether oxygens (including phenoxy) is 1. The maximum Gasteiger partial charge on any atom is 0.461 e. The molecule has 0 aliphatic rings. The van der Waals surface area contributed by atoms with Crippen LogP contribution >= 0.6 is 11.6 Å². The molecule has 0 aliphatic heterocycles. The van der Waals surface area contributed by atoms with Crippen molar-refractivity contribution in [2.24, 2.45) is 5.92 Å². The first kappa shape index (κ1) is 20.6. The van der Waals surface area contributed by atoms with Crippen LogP contribution in [-0.4, -0.2) is 34.4 Å². The van der Waals surface area contributed by atoms with Gasteiger partial charge in [0.15, 0.2) is 5.78 Å². The number of benzene rings is 1. The number of alkyl halides is 4. The second-order valence-electron chi connectivity index (χ2n) is 5.44. The maximum absolute atomic E-state index is 13.0. The number of aliphatic carboxylic acids is 1. The van der Waals surface area contributed by atoms with Crippen LogP contribution in [0.15, 0.2) is 42.6 Å². The number of nitrogens with zero attached hydrogens (tertiary/aromatic N) is 1. The van der Waals surface area contributed by atoms with Crippen LogP contribution in [0.25, 0.3) is 0 Å². The molecule has 0 amide bonds. The molecule has 0 saturated heterocycles. The predicted octanol–water partition coefficient (Wildman–Crippen LogP) is 4.10. The van der Waals surface area contributed by atoms with Crippen molar-refractivity contribution in [3.05, 3.63) is 58.9 Å². The van der Waals surface area contributed by atoms with Crippen molar-refractivity contribution in [1.82, 2.24) is 4.98 Å². The Morgan fingerprint density at radius 1 is 1.22 bits per heavy atom. The highest BCUT2D eigenvalue weighted by Crippen LogP contribution is 2.28. The van der Waals surface area contributed by atoms with E-state index in [1.165, 1.54) is 24.3 Å². The number of carbonyl (C=O) groups is 2. The molecule has 1 atom stereocenters. The summed E-state index contributed by atoms with van der Waals surface area (Å²) in [5.74, 6) is -4.34. The van der Waals surface area contributed by atoms with E-state index in [4.69, 9.17) is 11.6 Å². The standard InChI is InChI=1S/C17H12ClF4NO4/c18-13-5-4-10(8-23-13)14(24)12(15(25)26)7-9-2-1-3-11(6-9)27-17(21,22)16(19)20/h1-6,8,12,16H,7H2,(H,25,26). The molecule has 1 aromatic carbocycles. The minimum atomic E-state index is -4.70. The van der Waals surface area contributed by atoms with Crippen molar-refractivity contribution < 1.29 is 37.0 Å². The number of carboxylic acid groups (broad SMARTS) is 1. The number of carboxylic acids is 1. The molecule has 0 aliphatic carbocycles. The molecular formula is C17H12ClF4NO4. The van der Waals surface area contributed by atoms with Crippen LogP contribution in [0.1, 0.15) is 15.9 Å². The largest absolute Gasteiger partial charge is 0.481 e. The molecule has 1 unspecified atom stereocenters. The fourth-order valence-electron chi connectivity index (χ4n) is 2.19. The third-order valence-corrected chi connectivity index (χ3v) is 3.70. The summed E-state index contributed by atoms with van der Waals surface area (Å²) >= 11 is 5.61. The first-order chi connectivity index (χ1) is 12.6. The topological polar surface area (TPSA) is 76.5 Å². The van der Waals surface area contributed by atoms with Crippen molar-refractivity contribution in [1.29, 1.82) is 0 Å². The van der Waals surface area contributed by atoms with Crippen LogP contribution in [0, 0.1) is 5.92 Å². The molecular weight excluding hydrogens is 394 g/mol. The minimum absolute atomic E-state index is 0.00318. The Labute approximate surface area is 155 Å². The van der Waals surface area contributed by atoms with E-state index >= 15 is 0 Å². The van der Waals surface area contributed by atoms with Crippen LogP contribution in [0.5, 0.6) is 5.75 Å². The molecule has 0 spiro atoms. The van der Waals surface area contributed by atoms with E-state index in [1.54, 1.807) is 0 Å². The van der Waals surface area contributed by atoms with Gasteiger partial charge in [-0.25, -0.2) is 4.98 Å². The highest BCUT2D eigenvalue weighted by molar-refractivity contribution is 6.29. The Hall–Kier alpha value is -2.68. The van der Waals surface area contributed by atoms with Crippen LogP contribution < -0.4 is 4.74 Å². The smallest absolute Gasteiger partial charge is 0.461 e. The fourth-order valence-corrected chi connectivity index (χ4v) is 2.30. The number of hydrogen-bond donors (Lipinski definition) is 1. The van der Waals surface area contributed by atoms with Crippen LogP contribution in [-0.2, 0) is 11.2 Å². The van der Waals surface area contributed by atoms with Crippen LogP contribution in [0.3, 0.4) is 0 Å². The molecule has 27 heavy (non-hydrogen) atoms. The van der Waals surface area contributed by atoms with Crippen molar-refractivity contribution in [3.63, 3.8) is 0 Å². The average molecular weight is 406 g/mol. The highest BCUT2D eigenvalue weighted by Gasteiger charge is 2.44. The molecule has 10 heteroatoms. The highest BCUT2D eigenvalue weighted by atomic mass is 35.5. The predicted molar refractivity (Wildman–Crippen MR) is 86.4 cm³/mol. The molecule has 144 valence electrons. The van der Waals surface area contributed by atoms with Gasteiger partial charge < -0.3 is 9.84 Å². The van der Waals surface area contributed by atoms with Gasteiger partial charge in [-0.2, -0.15) is 17.6 Å². The lowest BCUT2D eigenvalue weighted by Crippen LogP contribution is -2.33. The van der Waals surface area contributed by atoms with E-state index in [-0.39, 0.29) is 22.7 Å². The molecule has 0 radical (unpaired) electrons. The lowest BCUT2D eigenvalue weighted by Gasteiger charge is -2.17. The van der Waals surface area contributed by atoms with Crippen LogP contribution in [0.2, 0.25) is 5.15 Å². The zero-order valence-corrected chi connectivity index (χ0v) is 14.2.